The van der Waals surface area contributed by atoms with Gasteiger partial charge in [0, 0.05) is 25.2 Å². The van der Waals surface area contributed by atoms with Crippen molar-refractivity contribution in [3.8, 4) is 0 Å². The summed E-state index contributed by atoms with van der Waals surface area (Å²) in [5.74, 6) is 0. The molecule has 1 saturated carbocycles. The molecule has 0 aromatic rings. The summed E-state index contributed by atoms with van der Waals surface area (Å²) in [6.45, 7) is 1.94. The van der Waals surface area contributed by atoms with Gasteiger partial charge in [-0.2, -0.15) is 0 Å². The van der Waals surface area contributed by atoms with E-state index in [0.717, 1.165) is 32.4 Å². The molecule has 1 aliphatic carbocycles. The highest BCUT2D eigenvalue weighted by Crippen LogP contribution is 2.26. The summed E-state index contributed by atoms with van der Waals surface area (Å²) >= 11 is 0. The van der Waals surface area contributed by atoms with Crippen LogP contribution in [-0.4, -0.2) is 41.3 Å². The normalized spacial score (nSPS) is 45.8. The number of hydrogen-bond donors (Lipinski definition) is 2. The quantitative estimate of drug-likeness (QED) is 0.540. The predicted octanol–water partition coefficient (Wildman–Crippen LogP) is -0.457. The lowest BCUT2D eigenvalue weighted by atomic mass is 9.86. The SMILES string of the molecule is NC1CC(N2CC[C@H](O)C2)C1. The van der Waals surface area contributed by atoms with Crippen molar-refractivity contribution in [1.29, 1.82) is 0 Å². The first kappa shape index (κ1) is 7.53. The maximum Gasteiger partial charge on any atom is 0.0679 e. The number of aliphatic hydroxyl groups excluding tert-OH is 1. The first-order valence-corrected chi connectivity index (χ1v) is 4.43. The molecule has 11 heavy (non-hydrogen) atoms. The van der Waals surface area contributed by atoms with Crippen molar-refractivity contribution in [3.63, 3.8) is 0 Å². The molecule has 1 heterocycles. The molecule has 2 fully saturated rings. The molecule has 3 heteroatoms. The van der Waals surface area contributed by atoms with Crippen LogP contribution < -0.4 is 5.73 Å². The molecule has 0 spiro atoms. The topological polar surface area (TPSA) is 49.5 Å². The largest absolute Gasteiger partial charge is 0.392 e. The fourth-order valence-electron chi connectivity index (χ4n) is 2.03. The van der Waals surface area contributed by atoms with Crippen molar-refractivity contribution in [3.05, 3.63) is 0 Å². The number of nitrogens with zero attached hydrogens (tertiary/aromatic N) is 1. The Kier molecular flexibility index (Phi) is 1.87. The molecule has 0 radical (unpaired) electrons. The van der Waals surface area contributed by atoms with Crippen LogP contribution >= 0.6 is 0 Å². The van der Waals surface area contributed by atoms with Crippen LogP contribution in [0, 0.1) is 0 Å². The second-order valence-electron chi connectivity index (χ2n) is 3.82. The number of likely N-dealkylation sites (tertiary alicyclic amines) is 1. The molecule has 3 nitrogen and oxygen atoms in total. The third-order valence-corrected chi connectivity index (χ3v) is 2.86. The lowest BCUT2D eigenvalue weighted by Crippen LogP contribution is -2.49. The summed E-state index contributed by atoms with van der Waals surface area (Å²) in [7, 11) is 0. The number of nitrogens with two attached hydrogens (primary N) is 1. The standard InChI is InChI=1S/C8H16N2O/c9-6-3-7(4-6)10-2-1-8(11)5-10/h6-8,11H,1-5,9H2/t6?,7?,8-/m0/s1. The lowest BCUT2D eigenvalue weighted by Gasteiger charge is -2.39. The fraction of sp³-hybridized carbons (Fsp3) is 1.00. The second kappa shape index (κ2) is 2.73. The van der Waals surface area contributed by atoms with Crippen LogP contribution in [0.3, 0.4) is 0 Å². The van der Waals surface area contributed by atoms with Crippen molar-refractivity contribution in [2.75, 3.05) is 13.1 Å². The van der Waals surface area contributed by atoms with Gasteiger partial charge < -0.3 is 10.8 Å². The van der Waals surface area contributed by atoms with E-state index in [1.165, 1.54) is 0 Å². The Balaban J connectivity index is 1.79. The molecule has 0 bridgehead atoms. The molecule has 0 amide bonds. The van der Waals surface area contributed by atoms with Crippen molar-refractivity contribution in [2.45, 2.75) is 37.5 Å². The molecule has 2 aliphatic rings. The Morgan fingerprint density at radius 1 is 1.36 bits per heavy atom. The van der Waals surface area contributed by atoms with Gasteiger partial charge in [-0.05, 0) is 19.3 Å². The fourth-order valence-corrected chi connectivity index (χ4v) is 2.03. The maximum absolute atomic E-state index is 9.26. The van der Waals surface area contributed by atoms with Gasteiger partial charge in [-0.25, -0.2) is 0 Å². The number of aliphatic hydroxyl groups is 1. The summed E-state index contributed by atoms with van der Waals surface area (Å²) in [5, 5.41) is 9.26. The highest BCUT2D eigenvalue weighted by Gasteiger charge is 2.34. The van der Waals surface area contributed by atoms with E-state index in [-0.39, 0.29) is 6.10 Å². The van der Waals surface area contributed by atoms with Gasteiger partial charge in [0.05, 0.1) is 6.10 Å². The monoisotopic (exact) mass is 156 g/mol. The van der Waals surface area contributed by atoms with E-state index in [1.807, 2.05) is 0 Å². The molecule has 0 aromatic carbocycles. The van der Waals surface area contributed by atoms with Gasteiger partial charge in [-0.1, -0.05) is 0 Å². The van der Waals surface area contributed by atoms with E-state index in [0.29, 0.717) is 12.1 Å². The highest BCUT2D eigenvalue weighted by molar-refractivity contribution is 4.92. The van der Waals surface area contributed by atoms with Crippen LogP contribution in [0.15, 0.2) is 0 Å². The van der Waals surface area contributed by atoms with Gasteiger partial charge in [0.25, 0.3) is 0 Å². The lowest BCUT2D eigenvalue weighted by molar-refractivity contribution is 0.111. The molecule has 1 aliphatic heterocycles. The molecule has 64 valence electrons. The minimum Gasteiger partial charge on any atom is -0.392 e. The molecular formula is C8H16N2O. The number of β-amino-alcohol motifs (C(OH)–C–C–N with tert-alkyl or cyclic N) is 1. The minimum atomic E-state index is -0.0770. The maximum atomic E-state index is 9.26. The van der Waals surface area contributed by atoms with E-state index in [9.17, 15) is 5.11 Å². The first-order chi connectivity index (χ1) is 5.25. The molecule has 0 aromatic heterocycles. The minimum absolute atomic E-state index is 0.0770. The van der Waals surface area contributed by atoms with Gasteiger partial charge >= 0.3 is 0 Å². The van der Waals surface area contributed by atoms with Gasteiger partial charge in [0.15, 0.2) is 0 Å². The smallest absolute Gasteiger partial charge is 0.0679 e. The third kappa shape index (κ3) is 1.41. The van der Waals surface area contributed by atoms with Gasteiger partial charge in [-0.3, -0.25) is 4.90 Å². The molecule has 1 saturated heterocycles. The Morgan fingerprint density at radius 3 is 2.55 bits per heavy atom. The molecule has 0 unspecified atom stereocenters. The average molecular weight is 156 g/mol. The summed E-state index contributed by atoms with van der Waals surface area (Å²) < 4.78 is 0. The van der Waals surface area contributed by atoms with Crippen molar-refractivity contribution < 1.29 is 5.11 Å². The highest BCUT2D eigenvalue weighted by atomic mass is 16.3. The Hall–Kier alpha value is -0.120. The Labute approximate surface area is 67.2 Å². The Bertz CT molecular complexity index is 145. The number of hydrogen-bond acceptors (Lipinski definition) is 3. The molecule has 1 atom stereocenters. The van der Waals surface area contributed by atoms with Crippen molar-refractivity contribution >= 4 is 0 Å². The van der Waals surface area contributed by atoms with Crippen LogP contribution in [0.2, 0.25) is 0 Å². The van der Waals surface area contributed by atoms with E-state index < -0.39 is 0 Å². The molecule has 2 rings (SSSR count). The summed E-state index contributed by atoms with van der Waals surface area (Å²) in [5.41, 5.74) is 5.68. The van der Waals surface area contributed by atoms with Crippen LogP contribution in [0.25, 0.3) is 0 Å². The molecular weight excluding hydrogens is 140 g/mol. The summed E-state index contributed by atoms with van der Waals surface area (Å²) in [6.07, 6.45) is 3.14. The van der Waals surface area contributed by atoms with Crippen molar-refractivity contribution in [2.24, 2.45) is 5.73 Å². The first-order valence-electron chi connectivity index (χ1n) is 4.43. The van der Waals surface area contributed by atoms with Gasteiger partial charge in [0.2, 0.25) is 0 Å². The van der Waals surface area contributed by atoms with E-state index in [4.69, 9.17) is 5.73 Å². The second-order valence-corrected chi connectivity index (χ2v) is 3.82. The number of rotatable bonds is 1. The molecule has 3 N–H and O–H groups in total. The summed E-state index contributed by atoms with van der Waals surface area (Å²) in [6, 6.07) is 1.11. The zero-order chi connectivity index (χ0) is 7.84. The predicted molar refractivity (Wildman–Crippen MR) is 43.2 cm³/mol. The van der Waals surface area contributed by atoms with Crippen LogP contribution in [0.5, 0.6) is 0 Å². The van der Waals surface area contributed by atoms with Gasteiger partial charge in [-0.15, -0.1) is 0 Å². The van der Waals surface area contributed by atoms with Gasteiger partial charge in [0.1, 0.15) is 0 Å². The van der Waals surface area contributed by atoms with E-state index in [2.05, 4.69) is 4.90 Å². The zero-order valence-corrected chi connectivity index (χ0v) is 6.74. The van der Waals surface area contributed by atoms with Crippen LogP contribution in [0.1, 0.15) is 19.3 Å². The zero-order valence-electron chi connectivity index (χ0n) is 6.74. The average Bonchev–Trinajstić information content (AvgIpc) is 2.29. The van der Waals surface area contributed by atoms with Crippen molar-refractivity contribution in [1.82, 2.24) is 4.90 Å². The third-order valence-electron chi connectivity index (χ3n) is 2.86. The van der Waals surface area contributed by atoms with E-state index >= 15 is 0 Å². The van der Waals surface area contributed by atoms with Crippen LogP contribution in [-0.2, 0) is 0 Å². The Morgan fingerprint density at radius 2 is 2.09 bits per heavy atom. The van der Waals surface area contributed by atoms with Crippen LogP contribution in [0.4, 0.5) is 0 Å². The summed E-state index contributed by atoms with van der Waals surface area (Å²) in [4.78, 5) is 2.37. The van der Waals surface area contributed by atoms with E-state index in [1.54, 1.807) is 0 Å².